The molecular formula is C21H24FNO4. The van der Waals surface area contributed by atoms with Gasteiger partial charge in [-0.05, 0) is 42.7 Å². The van der Waals surface area contributed by atoms with Crippen molar-refractivity contribution >= 4 is 11.9 Å². The molecule has 1 amide bonds. The largest absolute Gasteiger partial charge is 0.488 e. The van der Waals surface area contributed by atoms with Gasteiger partial charge in [-0.1, -0.05) is 38.1 Å². The van der Waals surface area contributed by atoms with Crippen molar-refractivity contribution in [1.29, 1.82) is 0 Å². The van der Waals surface area contributed by atoms with E-state index in [2.05, 4.69) is 5.32 Å². The number of ether oxygens (including phenoxy) is 2. The Kier molecular flexibility index (Phi) is 7.79. The van der Waals surface area contributed by atoms with E-state index < -0.39 is 5.97 Å². The summed E-state index contributed by atoms with van der Waals surface area (Å²) in [6, 6.07) is 12.6. The molecule has 6 heteroatoms. The first kappa shape index (κ1) is 20.4. The van der Waals surface area contributed by atoms with E-state index in [9.17, 15) is 14.0 Å². The van der Waals surface area contributed by atoms with E-state index in [1.54, 1.807) is 36.4 Å². The van der Waals surface area contributed by atoms with Crippen LogP contribution in [0.4, 0.5) is 4.39 Å². The lowest BCUT2D eigenvalue weighted by atomic mass is 10.2. The van der Waals surface area contributed by atoms with Gasteiger partial charge in [-0.3, -0.25) is 4.79 Å². The van der Waals surface area contributed by atoms with Crippen LogP contribution in [0.3, 0.4) is 0 Å². The van der Waals surface area contributed by atoms with Crippen molar-refractivity contribution in [3.63, 3.8) is 0 Å². The normalized spacial score (nSPS) is 10.5. The number of esters is 1. The maximum Gasteiger partial charge on any atom is 0.342 e. The minimum absolute atomic E-state index is 0.0718. The summed E-state index contributed by atoms with van der Waals surface area (Å²) >= 11 is 0. The van der Waals surface area contributed by atoms with E-state index in [1.165, 1.54) is 12.1 Å². The lowest BCUT2D eigenvalue weighted by Gasteiger charge is -2.15. The van der Waals surface area contributed by atoms with Gasteiger partial charge in [-0.25, -0.2) is 9.18 Å². The molecule has 0 heterocycles. The summed E-state index contributed by atoms with van der Waals surface area (Å²) in [5.41, 5.74) is 0.999. The summed E-state index contributed by atoms with van der Waals surface area (Å²) in [7, 11) is 0. The Labute approximate surface area is 158 Å². The third-order valence-electron chi connectivity index (χ3n) is 4.10. The van der Waals surface area contributed by atoms with Gasteiger partial charge in [0.15, 0.2) is 6.61 Å². The highest BCUT2D eigenvalue weighted by molar-refractivity contribution is 5.94. The minimum atomic E-state index is -0.635. The second-order valence-corrected chi connectivity index (χ2v) is 6.07. The first-order chi connectivity index (χ1) is 13.0. The smallest absolute Gasteiger partial charge is 0.342 e. The second-order valence-electron chi connectivity index (χ2n) is 6.07. The summed E-state index contributed by atoms with van der Waals surface area (Å²) in [6.45, 7) is 3.80. The Morgan fingerprint density at radius 3 is 2.37 bits per heavy atom. The van der Waals surface area contributed by atoms with Gasteiger partial charge in [0.25, 0.3) is 5.91 Å². The Morgan fingerprint density at radius 2 is 1.70 bits per heavy atom. The van der Waals surface area contributed by atoms with Crippen molar-refractivity contribution < 1.29 is 23.5 Å². The topological polar surface area (TPSA) is 64.6 Å². The van der Waals surface area contributed by atoms with Crippen molar-refractivity contribution in [2.75, 3.05) is 6.61 Å². The number of benzene rings is 2. The molecule has 0 unspecified atom stereocenters. The minimum Gasteiger partial charge on any atom is -0.488 e. The Bertz CT molecular complexity index is 757. The molecule has 0 aliphatic rings. The average molecular weight is 373 g/mol. The fraction of sp³-hybridized carbons (Fsp3) is 0.333. The number of nitrogens with one attached hydrogen (secondary N) is 1. The van der Waals surface area contributed by atoms with Gasteiger partial charge in [0.1, 0.15) is 23.7 Å². The molecule has 2 aromatic carbocycles. The molecule has 0 spiro atoms. The molecule has 0 atom stereocenters. The van der Waals surface area contributed by atoms with Gasteiger partial charge < -0.3 is 14.8 Å². The second kappa shape index (κ2) is 10.3. The van der Waals surface area contributed by atoms with E-state index >= 15 is 0 Å². The predicted molar refractivity (Wildman–Crippen MR) is 100.0 cm³/mol. The number of hydrogen-bond acceptors (Lipinski definition) is 4. The van der Waals surface area contributed by atoms with E-state index in [0.29, 0.717) is 5.75 Å². The maximum atomic E-state index is 13.0. The lowest BCUT2D eigenvalue weighted by molar-refractivity contribution is -0.125. The molecule has 0 aliphatic heterocycles. The molecule has 0 aromatic heterocycles. The van der Waals surface area contributed by atoms with Crippen LogP contribution in [0.2, 0.25) is 0 Å². The predicted octanol–water partition coefficient (Wildman–Crippen LogP) is 3.87. The monoisotopic (exact) mass is 373 g/mol. The van der Waals surface area contributed by atoms with E-state index in [1.807, 2.05) is 13.8 Å². The zero-order valence-corrected chi connectivity index (χ0v) is 15.5. The molecule has 0 bridgehead atoms. The van der Waals surface area contributed by atoms with Crippen LogP contribution in [0.5, 0.6) is 5.75 Å². The highest BCUT2D eigenvalue weighted by atomic mass is 19.1. The van der Waals surface area contributed by atoms with Crippen LogP contribution in [0, 0.1) is 5.82 Å². The Balaban J connectivity index is 1.94. The number of para-hydroxylation sites is 1. The molecule has 2 rings (SSSR count). The highest BCUT2D eigenvalue weighted by Crippen LogP contribution is 2.20. The molecule has 0 aliphatic carbocycles. The molecule has 2 aromatic rings. The quantitative estimate of drug-likeness (QED) is 0.678. The van der Waals surface area contributed by atoms with Crippen molar-refractivity contribution in [1.82, 2.24) is 5.32 Å². The first-order valence-electron chi connectivity index (χ1n) is 8.96. The van der Waals surface area contributed by atoms with Crippen LogP contribution in [0.25, 0.3) is 0 Å². The number of carbonyl (C=O) groups excluding carboxylic acids is 2. The van der Waals surface area contributed by atoms with E-state index in [-0.39, 0.29) is 36.5 Å². The van der Waals surface area contributed by atoms with Crippen LogP contribution < -0.4 is 10.1 Å². The molecule has 0 radical (unpaired) electrons. The summed E-state index contributed by atoms with van der Waals surface area (Å²) < 4.78 is 23.7. The summed E-state index contributed by atoms with van der Waals surface area (Å²) in [6.07, 6.45) is 1.63. The molecule has 0 saturated heterocycles. The summed E-state index contributed by atoms with van der Waals surface area (Å²) in [5.74, 6) is -0.951. The van der Waals surface area contributed by atoms with Crippen molar-refractivity contribution in [3.05, 3.63) is 65.5 Å². The fourth-order valence-corrected chi connectivity index (χ4v) is 2.47. The first-order valence-corrected chi connectivity index (χ1v) is 8.96. The molecule has 144 valence electrons. The lowest BCUT2D eigenvalue weighted by Crippen LogP contribution is -2.36. The van der Waals surface area contributed by atoms with Crippen LogP contribution in [0.1, 0.15) is 42.6 Å². The van der Waals surface area contributed by atoms with Gasteiger partial charge in [0, 0.05) is 6.04 Å². The average Bonchev–Trinajstić information content (AvgIpc) is 2.70. The van der Waals surface area contributed by atoms with E-state index in [0.717, 1.165) is 18.4 Å². The number of halogens is 1. The van der Waals surface area contributed by atoms with Gasteiger partial charge >= 0.3 is 5.97 Å². The number of carbonyl (C=O) groups is 2. The number of hydrogen-bond donors (Lipinski definition) is 1. The third-order valence-corrected chi connectivity index (χ3v) is 4.10. The van der Waals surface area contributed by atoms with Crippen molar-refractivity contribution in [3.8, 4) is 5.75 Å². The zero-order chi connectivity index (χ0) is 19.6. The van der Waals surface area contributed by atoms with Crippen LogP contribution in [-0.2, 0) is 16.1 Å². The molecule has 1 N–H and O–H groups in total. The number of rotatable bonds is 9. The molecule has 27 heavy (non-hydrogen) atoms. The van der Waals surface area contributed by atoms with Crippen LogP contribution in [-0.4, -0.2) is 24.5 Å². The Morgan fingerprint density at radius 1 is 1.04 bits per heavy atom. The van der Waals surface area contributed by atoms with Crippen molar-refractivity contribution in [2.24, 2.45) is 0 Å². The van der Waals surface area contributed by atoms with Gasteiger partial charge in [0.05, 0.1) is 0 Å². The molecule has 5 nitrogen and oxygen atoms in total. The van der Waals surface area contributed by atoms with Crippen molar-refractivity contribution in [2.45, 2.75) is 39.3 Å². The SMILES string of the molecule is CCC(CC)NC(=O)COC(=O)c1ccccc1OCc1ccc(F)cc1. The van der Waals surface area contributed by atoms with Gasteiger partial charge in [-0.2, -0.15) is 0 Å². The van der Waals surface area contributed by atoms with Gasteiger partial charge in [-0.15, -0.1) is 0 Å². The highest BCUT2D eigenvalue weighted by Gasteiger charge is 2.16. The summed E-state index contributed by atoms with van der Waals surface area (Å²) in [5, 5.41) is 2.81. The standard InChI is InChI=1S/C21H24FNO4/c1-3-17(4-2)23-20(24)14-27-21(25)18-7-5-6-8-19(18)26-13-15-9-11-16(22)12-10-15/h5-12,17H,3-4,13-14H2,1-2H3,(H,23,24). The molecule has 0 saturated carbocycles. The zero-order valence-electron chi connectivity index (χ0n) is 15.5. The molecular weight excluding hydrogens is 349 g/mol. The fourth-order valence-electron chi connectivity index (χ4n) is 2.47. The summed E-state index contributed by atoms with van der Waals surface area (Å²) in [4.78, 5) is 24.2. The molecule has 0 fully saturated rings. The Hall–Kier alpha value is -2.89. The number of amides is 1. The maximum absolute atomic E-state index is 13.0. The van der Waals surface area contributed by atoms with E-state index in [4.69, 9.17) is 9.47 Å². The van der Waals surface area contributed by atoms with Crippen LogP contribution in [0.15, 0.2) is 48.5 Å². The third kappa shape index (κ3) is 6.40. The van der Waals surface area contributed by atoms with Gasteiger partial charge in [0.2, 0.25) is 0 Å². The van der Waals surface area contributed by atoms with Crippen LogP contribution >= 0.6 is 0 Å².